The number of benzene rings is 1. The first-order valence-electron chi connectivity index (χ1n) is 6.14. The second kappa shape index (κ2) is 7.41. The van der Waals surface area contributed by atoms with E-state index in [1.807, 2.05) is 25.1 Å². The highest BCUT2D eigenvalue weighted by Crippen LogP contribution is 2.12. The predicted molar refractivity (Wildman–Crippen MR) is 71.2 cm³/mol. The molecule has 0 aliphatic carbocycles. The average molecular weight is 265 g/mol. The van der Waals surface area contributed by atoms with Gasteiger partial charge in [0.1, 0.15) is 5.75 Å². The molecule has 1 amide bonds. The van der Waals surface area contributed by atoms with Crippen molar-refractivity contribution in [3.05, 3.63) is 29.8 Å². The summed E-state index contributed by atoms with van der Waals surface area (Å²) < 4.78 is 5.39. The summed E-state index contributed by atoms with van der Waals surface area (Å²) in [5.74, 6) is -0.351. The topological polar surface area (TPSA) is 66.8 Å². The molecular formula is C14H19NO4. The third kappa shape index (κ3) is 5.90. The van der Waals surface area contributed by atoms with Gasteiger partial charge in [0.25, 0.3) is 5.91 Å². The molecule has 0 spiro atoms. The molecule has 0 saturated carbocycles. The van der Waals surface area contributed by atoms with Gasteiger partial charge in [-0.3, -0.25) is 9.59 Å². The average Bonchev–Trinajstić information content (AvgIpc) is 2.35. The van der Waals surface area contributed by atoms with Crippen molar-refractivity contribution >= 4 is 11.9 Å². The Hall–Kier alpha value is -2.04. The second-order valence-electron chi connectivity index (χ2n) is 4.42. The van der Waals surface area contributed by atoms with E-state index in [0.29, 0.717) is 18.7 Å². The fourth-order valence-electron chi connectivity index (χ4n) is 1.55. The SMILES string of the molecule is Cc1cccc(OCC(=O)N(C)CCCC(=O)O)c1. The van der Waals surface area contributed by atoms with Gasteiger partial charge in [0.05, 0.1) is 0 Å². The van der Waals surface area contributed by atoms with E-state index in [-0.39, 0.29) is 18.9 Å². The van der Waals surface area contributed by atoms with Gasteiger partial charge in [-0.1, -0.05) is 12.1 Å². The van der Waals surface area contributed by atoms with Gasteiger partial charge >= 0.3 is 5.97 Å². The molecule has 0 radical (unpaired) electrons. The van der Waals surface area contributed by atoms with Crippen molar-refractivity contribution in [2.24, 2.45) is 0 Å². The van der Waals surface area contributed by atoms with Gasteiger partial charge in [-0.15, -0.1) is 0 Å². The van der Waals surface area contributed by atoms with Crippen LogP contribution in [0.25, 0.3) is 0 Å². The zero-order valence-electron chi connectivity index (χ0n) is 11.3. The molecule has 0 heterocycles. The number of hydrogen-bond donors (Lipinski definition) is 1. The molecule has 1 rings (SSSR count). The number of carboxylic acid groups (broad SMARTS) is 1. The van der Waals surface area contributed by atoms with E-state index in [9.17, 15) is 9.59 Å². The fraction of sp³-hybridized carbons (Fsp3) is 0.429. The quantitative estimate of drug-likeness (QED) is 0.814. The van der Waals surface area contributed by atoms with Gasteiger partial charge in [-0.25, -0.2) is 0 Å². The number of carboxylic acids is 1. The van der Waals surface area contributed by atoms with Crippen LogP contribution in [-0.2, 0) is 9.59 Å². The first kappa shape index (κ1) is 15.0. The van der Waals surface area contributed by atoms with Crippen LogP contribution in [0, 0.1) is 6.92 Å². The molecule has 19 heavy (non-hydrogen) atoms. The van der Waals surface area contributed by atoms with E-state index >= 15 is 0 Å². The number of carbonyl (C=O) groups is 2. The molecule has 104 valence electrons. The largest absolute Gasteiger partial charge is 0.484 e. The highest BCUT2D eigenvalue weighted by atomic mass is 16.5. The molecule has 0 aliphatic heterocycles. The summed E-state index contributed by atoms with van der Waals surface area (Å²) in [6.45, 7) is 2.34. The van der Waals surface area contributed by atoms with E-state index in [4.69, 9.17) is 9.84 Å². The maximum Gasteiger partial charge on any atom is 0.303 e. The molecular weight excluding hydrogens is 246 g/mol. The van der Waals surface area contributed by atoms with Crippen LogP contribution in [0.4, 0.5) is 0 Å². The molecule has 5 nitrogen and oxygen atoms in total. The summed E-state index contributed by atoms with van der Waals surface area (Å²) in [6, 6.07) is 7.47. The van der Waals surface area contributed by atoms with E-state index in [1.54, 1.807) is 13.1 Å². The van der Waals surface area contributed by atoms with Gasteiger partial charge in [-0.05, 0) is 31.0 Å². The van der Waals surface area contributed by atoms with E-state index in [1.165, 1.54) is 4.90 Å². The lowest BCUT2D eigenvalue weighted by atomic mass is 10.2. The van der Waals surface area contributed by atoms with Gasteiger partial charge in [0.15, 0.2) is 6.61 Å². The third-order valence-electron chi connectivity index (χ3n) is 2.66. The van der Waals surface area contributed by atoms with Crippen molar-refractivity contribution in [1.82, 2.24) is 4.90 Å². The van der Waals surface area contributed by atoms with Crippen LogP contribution in [0.2, 0.25) is 0 Å². The molecule has 1 aromatic rings. The Morgan fingerprint density at radius 3 is 2.74 bits per heavy atom. The van der Waals surface area contributed by atoms with Crippen LogP contribution in [0.5, 0.6) is 5.75 Å². The number of amides is 1. The number of likely N-dealkylation sites (N-methyl/N-ethyl adjacent to an activating group) is 1. The minimum absolute atomic E-state index is 0.0347. The summed E-state index contributed by atoms with van der Waals surface area (Å²) >= 11 is 0. The normalized spacial score (nSPS) is 10.0. The number of aliphatic carboxylic acids is 1. The smallest absolute Gasteiger partial charge is 0.303 e. The Morgan fingerprint density at radius 1 is 1.37 bits per heavy atom. The molecule has 1 N–H and O–H groups in total. The molecule has 0 unspecified atom stereocenters. The Labute approximate surface area is 112 Å². The lowest BCUT2D eigenvalue weighted by Crippen LogP contribution is -2.32. The Bertz CT molecular complexity index is 445. The lowest BCUT2D eigenvalue weighted by Gasteiger charge is -2.17. The van der Waals surface area contributed by atoms with Crippen molar-refractivity contribution in [2.45, 2.75) is 19.8 Å². The molecule has 0 bridgehead atoms. The monoisotopic (exact) mass is 265 g/mol. The summed E-state index contributed by atoms with van der Waals surface area (Å²) in [5, 5.41) is 8.51. The minimum Gasteiger partial charge on any atom is -0.484 e. The minimum atomic E-state index is -0.850. The number of nitrogens with zero attached hydrogens (tertiary/aromatic N) is 1. The number of rotatable bonds is 7. The zero-order chi connectivity index (χ0) is 14.3. The van der Waals surface area contributed by atoms with Gasteiger partial charge in [0, 0.05) is 20.0 Å². The maximum atomic E-state index is 11.7. The third-order valence-corrected chi connectivity index (χ3v) is 2.66. The van der Waals surface area contributed by atoms with Crippen LogP contribution < -0.4 is 4.74 Å². The van der Waals surface area contributed by atoms with Gasteiger partial charge in [-0.2, -0.15) is 0 Å². The Balaban J connectivity index is 2.32. The second-order valence-corrected chi connectivity index (χ2v) is 4.42. The molecule has 0 saturated heterocycles. The van der Waals surface area contributed by atoms with Crippen molar-refractivity contribution in [2.75, 3.05) is 20.2 Å². The highest BCUT2D eigenvalue weighted by molar-refractivity contribution is 5.77. The van der Waals surface area contributed by atoms with Crippen molar-refractivity contribution in [3.8, 4) is 5.75 Å². The zero-order valence-corrected chi connectivity index (χ0v) is 11.3. The molecule has 0 fully saturated rings. The molecule has 0 aromatic heterocycles. The first-order valence-corrected chi connectivity index (χ1v) is 6.14. The van der Waals surface area contributed by atoms with Crippen LogP contribution in [-0.4, -0.2) is 42.1 Å². The fourth-order valence-corrected chi connectivity index (χ4v) is 1.55. The summed E-state index contributed by atoms with van der Waals surface area (Å²) in [5.41, 5.74) is 1.07. The molecule has 0 aliphatic rings. The van der Waals surface area contributed by atoms with Crippen LogP contribution >= 0.6 is 0 Å². The number of hydrogen-bond acceptors (Lipinski definition) is 3. The molecule has 5 heteroatoms. The predicted octanol–water partition coefficient (Wildman–Crippen LogP) is 1.70. The van der Waals surface area contributed by atoms with Crippen LogP contribution in [0.15, 0.2) is 24.3 Å². The molecule has 1 aromatic carbocycles. The maximum absolute atomic E-state index is 11.7. The lowest BCUT2D eigenvalue weighted by molar-refractivity contribution is -0.138. The van der Waals surface area contributed by atoms with E-state index in [0.717, 1.165) is 5.56 Å². The Kier molecular flexibility index (Phi) is 5.85. The van der Waals surface area contributed by atoms with E-state index in [2.05, 4.69) is 0 Å². The summed E-state index contributed by atoms with van der Waals surface area (Å²) in [4.78, 5) is 23.6. The highest BCUT2D eigenvalue weighted by Gasteiger charge is 2.10. The summed E-state index contributed by atoms with van der Waals surface area (Å²) in [7, 11) is 1.64. The standard InChI is InChI=1S/C14H19NO4/c1-11-5-3-6-12(9-11)19-10-13(16)15(2)8-4-7-14(17)18/h3,5-6,9H,4,7-8,10H2,1-2H3,(H,17,18). The van der Waals surface area contributed by atoms with Gasteiger partial charge in [0.2, 0.25) is 0 Å². The van der Waals surface area contributed by atoms with Gasteiger partial charge < -0.3 is 14.7 Å². The number of aryl methyl sites for hydroxylation is 1. The molecule has 0 atom stereocenters. The number of carbonyl (C=O) groups excluding carboxylic acids is 1. The first-order chi connectivity index (χ1) is 8.99. The summed E-state index contributed by atoms with van der Waals surface area (Å²) in [6.07, 6.45) is 0.512. The van der Waals surface area contributed by atoms with Crippen molar-refractivity contribution in [1.29, 1.82) is 0 Å². The van der Waals surface area contributed by atoms with Crippen molar-refractivity contribution < 1.29 is 19.4 Å². The van der Waals surface area contributed by atoms with Crippen LogP contribution in [0.3, 0.4) is 0 Å². The van der Waals surface area contributed by atoms with Crippen LogP contribution in [0.1, 0.15) is 18.4 Å². The van der Waals surface area contributed by atoms with E-state index < -0.39 is 5.97 Å². The number of ether oxygens (including phenoxy) is 1. The van der Waals surface area contributed by atoms with Crippen molar-refractivity contribution in [3.63, 3.8) is 0 Å². The Morgan fingerprint density at radius 2 is 2.11 bits per heavy atom.